The summed E-state index contributed by atoms with van der Waals surface area (Å²) >= 11 is 0. The molecule has 0 aliphatic carbocycles. The molecule has 1 atom stereocenters. The second kappa shape index (κ2) is 5.69. The summed E-state index contributed by atoms with van der Waals surface area (Å²) in [7, 11) is 0. The van der Waals surface area contributed by atoms with Gasteiger partial charge in [0.25, 0.3) is 0 Å². The largest absolute Gasteiger partial charge is 0.488 e. The Kier molecular flexibility index (Phi) is 3.99. The zero-order valence-corrected chi connectivity index (χ0v) is 10.5. The van der Waals surface area contributed by atoms with Crippen LogP contribution >= 0.6 is 0 Å². The van der Waals surface area contributed by atoms with Crippen molar-refractivity contribution in [1.29, 1.82) is 0 Å². The lowest BCUT2D eigenvalue weighted by Gasteiger charge is -2.15. The topological polar surface area (TPSA) is 68.4 Å². The molecular weight excluding hydrogens is 228 g/mol. The number of nitrogen functional groups attached to an aromatic ring is 1. The van der Waals surface area contributed by atoms with E-state index in [2.05, 4.69) is 4.98 Å². The highest BCUT2D eigenvalue weighted by molar-refractivity contribution is 5.85. The van der Waals surface area contributed by atoms with Crippen molar-refractivity contribution in [1.82, 2.24) is 4.98 Å². The smallest absolute Gasteiger partial charge is 0.146 e. The molecule has 0 bridgehead atoms. The number of nitrogens with zero attached hydrogens (tertiary/aromatic N) is 1. The summed E-state index contributed by atoms with van der Waals surface area (Å²) in [6.45, 7) is 2.18. The van der Waals surface area contributed by atoms with Gasteiger partial charge in [0.05, 0.1) is 6.10 Å². The monoisotopic (exact) mass is 246 g/mol. The van der Waals surface area contributed by atoms with Gasteiger partial charge in [-0.3, -0.25) is 0 Å². The minimum Gasteiger partial charge on any atom is -0.488 e. The van der Waals surface area contributed by atoms with Crippen LogP contribution in [0.25, 0.3) is 10.9 Å². The normalized spacial score (nSPS) is 12.6. The van der Waals surface area contributed by atoms with E-state index < -0.39 is 0 Å². The first kappa shape index (κ1) is 12.6. The number of nitrogens with two attached hydrogens (primary N) is 1. The van der Waals surface area contributed by atoms with E-state index in [1.165, 1.54) is 0 Å². The van der Waals surface area contributed by atoms with Gasteiger partial charge in [0.2, 0.25) is 0 Å². The molecule has 0 aliphatic heterocycles. The van der Waals surface area contributed by atoms with Crippen LogP contribution < -0.4 is 10.5 Å². The van der Waals surface area contributed by atoms with E-state index in [0.29, 0.717) is 5.82 Å². The van der Waals surface area contributed by atoms with Gasteiger partial charge in [-0.2, -0.15) is 0 Å². The molecule has 0 fully saturated rings. The Labute approximate surface area is 106 Å². The summed E-state index contributed by atoms with van der Waals surface area (Å²) in [4.78, 5) is 4.31. The molecule has 1 aromatic heterocycles. The van der Waals surface area contributed by atoms with Gasteiger partial charge in [0.15, 0.2) is 0 Å². The molecule has 0 saturated carbocycles. The molecule has 18 heavy (non-hydrogen) atoms. The Bertz CT molecular complexity index is 528. The van der Waals surface area contributed by atoms with Crippen molar-refractivity contribution in [2.45, 2.75) is 25.9 Å². The maximum atomic E-state index is 8.80. The van der Waals surface area contributed by atoms with E-state index in [4.69, 9.17) is 15.6 Å². The number of rotatable bonds is 5. The van der Waals surface area contributed by atoms with Crippen molar-refractivity contribution in [2.24, 2.45) is 0 Å². The Morgan fingerprint density at radius 2 is 2.17 bits per heavy atom. The fraction of sp³-hybridized carbons (Fsp3) is 0.357. The van der Waals surface area contributed by atoms with Crippen molar-refractivity contribution in [3.63, 3.8) is 0 Å². The molecule has 96 valence electrons. The van der Waals surface area contributed by atoms with Gasteiger partial charge in [-0.05, 0) is 38.0 Å². The zero-order chi connectivity index (χ0) is 13.0. The van der Waals surface area contributed by atoms with Gasteiger partial charge in [-0.15, -0.1) is 0 Å². The van der Waals surface area contributed by atoms with Crippen LogP contribution in [-0.4, -0.2) is 22.8 Å². The summed E-state index contributed by atoms with van der Waals surface area (Å²) in [6.07, 6.45) is 1.60. The quantitative estimate of drug-likeness (QED) is 0.849. The molecule has 0 radical (unpaired) electrons. The number of pyridine rings is 1. The van der Waals surface area contributed by atoms with Crippen molar-refractivity contribution in [3.8, 4) is 5.75 Å². The minimum absolute atomic E-state index is 0.0472. The Morgan fingerprint density at radius 3 is 2.94 bits per heavy atom. The lowest BCUT2D eigenvalue weighted by molar-refractivity contribution is 0.190. The van der Waals surface area contributed by atoms with Crippen LogP contribution in [0.2, 0.25) is 0 Å². The first-order valence-electron chi connectivity index (χ1n) is 6.13. The van der Waals surface area contributed by atoms with Crippen LogP contribution in [0.5, 0.6) is 5.75 Å². The van der Waals surface area contributed by atoms with Crippen LogP contribution in [0, 0.1) is 0 Å². The van der Waals surface area contributed by atoms with Crippen molar-refractivity contribution in [3.05, 3.63) is 30.3 Å². The fourth-order valence-corrected chi connectivity index (χ4v) is 1.88. The molecule has 2 rings (SSSR count). The number of benzene rings is 1. The third-order valence-electron chi connectivity index (χ3n) is 2.80. The van der Waals surface area contributed by atoms with Gasteiger partial charge in [-0.1, -0.05) is 12.1 Å². The van der Waals surface area contributed by atoms with Crippen molar-refractivity contribution in [2.75, 3.05) is 12.3 Å². The predicted molar refractivity (Wildman–Crippen MR) is 72.6 cm³/mol. The number of aliphatic hydroxyl groups excluding tert-OH is 1. The third kappa shape index (κ3) is 2.90. The third-order valence-corrected chi connectivity index (χ3v) is 2.80. The molecule has 0 aliphatic rings. The molecule has 1 unspecified atom stereocenters. The highest BCUT2D eigenvalue weighted by Gasteiger charge is 2.08. The lowest BCUT2D eigenvalue weighted by atomic mass is 10.2. The summed E-state index contributed by atoms with van der Waals surface area (Å²) in [5.74, 6) is 1.23. The summed E-state index contributed by atoms with van der Waals surface area (Å²) in [6, 6.07) is 9.52. The Balaban J connectivity index is 2.24. The van der Waals surface area contributed by atoms with Crippen molar-refractivity contribution < 1.29 is 9.84 Å². The average Bonchev–Trinajstić information content (AvgIpc) is 2.37. The average molecular weight is 246 g/mol. The molecule has 0 saturated heterocycles. The number of hydrogen-bond donors (Lipinski definition) is 2. The highest BCUT2D eigenvalue weighted by Crippen LogP contribution is 2.25. The van der Waals surface area contributed by atoms with E-state index in [-0.39, 0.29) is 12.7 Å². The van der Waals surface area contributed by atoms with Gasteiger partial charge < -0.3 is 15.6 Å². The number of para-hydroxylation sites is 1. The number of ether oxygens (including phenoxy) is 1. The number of aliphatic hydroxyl groups is 1. The van der Waals surface area contributed by atoms with Crippen LogP contribution in [-0.2, 0) is 0 Å². The molecule has 4 nitrogen and oxygen atoms in total. The number of anilines is 1. The standard InChI is InChI=1S/C14H18N2O2/c1-10(4-3-9-17)18-12-6-2-5-11-7-8-13(15)16-14(11)12/h2,5-8,10,17H,3-4,9H2,1H3,(H2,15,16). The SMILES string of the molecule is CC(CCCO)Oc1cccc2ccc(N)nc12. The van der Waals surface area contributed by atoms with E-state index >= 15 is 0 Å². The van der Waals surface area contributed by atoms with Crippen LogP contribution in [0.4, 0.5) is 5.82 Å². The van der Waals surface area contributed by atoms with Crippen LogP contribution in [0.1, 0.15) is 19.8 Å². The van der Waals surface area contributed by atoms with Gasteiger partial charge in [-0.25, -0.2) is 4.98 Å². The van der Waals surface area contributed by atoms with E-state index in [1.807, 2.05) is 31.2 Å². The number of hydrogen-bond acceptors (Lipinski definition) is 4. The van der Waals surface area contributed by atoms with Crippen LogP contribution in [0.3, 0.4) is 0 Å². The Hall–Kier alpha value is -1.81. The van der Waals surface area contributed by atoms with Gasteiger partial charge in [0, 0.05) is 12.0 Å². The number of fused-ring (bicyclic) bond motifs is 1. The molecule has 1 aromatic carbocycles. The van der Waals surface area contributed by atoms with Crippen molar-refractivity contribution >= 4 is 16.7 Å². The zero-order valence-electron chi connectivity index (χ0n) is 10.5. The van der Waals surface area contributed by atoms with E-state index in [0.717, 1.165) is 29.5 Å². The summed E-state index contributed by atoms with van der Waals surface area (Å²) in [5, 5.41) is 9.82. The fourth-order valence-electron chi connectivity index (χ4n) is 1.88. The number of aromatic nitrogens is 1. The summed E-state index contributed by atoms with van der Waals surface area (Å²) < 4.78 is 5.86. The first-order valence-corrected chi connectivity index (χ1v) is 6.13. The van der Waals surface area contributed by atoms with Gasteiger partial charge in [0.1, 0.15) is 17.1 Å². The molecular formula is C14H18N2O2. The lowest BCUT2D eigenvalue weighted by Crippen LogP contribution is -2.12. The predicted octanol–water partition coefficient (Wildman–Crippen LogP) is 2.36. The molecule has 4 heteroatoms. The maximum Gasteiger partial charge on any atom is 0.146 e. The van der Waals surface area contributed by atoms with E-state index in [9.17, 15) is 0 Å². The molecule has 0 spiro atoms. The Morgan fingerprint density at radius 1 is 1.33 bits per heavy atom. The first-order chi connectivity index (χ1) is 8.70. The molecule has 3 N–H and O–H groups in total. The minimum atomic E-state index is 0.0472. The van der Waals surface area contributed by atoms with Gasteiger partial charge >= 0.3 is 0 Å². The highest BCUT2D eigenvalue weighted by atomic mass is 16.5. The second-order valence-electron chi connectivity index (χ2n) is 4.36. The molecule has 1 heterocycles. The maximum absolute atomic E-state index is 8.80. The van der Waals surface area contributed by atoms with E-state index in [1.54, 1.807) is 6.07 Å². The second-order valence-corrected chi connectivity index (χ2v) is 4.36. The van der Waals surface area contributed by atoms with Crippen LogP contribution in [0.15, 0.2) is 30.3 Å². The molecule has 0 amide bonds. The molecule has 2 aromatic rings. The summed E-state index contributed by atoms with van der Waals surface area (Å²) in [5.41, 5.74) is 6.49.